The van der Waals surface area contributed by atoms with Gasteiger partial charge in [-0.25, -0.2) is 4.98 Å². The van der Waals surface area contributed by atoms with Crippen LogP contribution in [0.1, 0.15) is 0 Å². The Hall–Kier alpha value is -0.620. The van der Waals surface area contributed by atoms with E-state index in [9.17, 15) is 0 Å². The number of nitrogens with zero attached hydrogens (tertiary/aromatic N) is 1. The molecule has 0 saturated carbocycles. The van der Waals surface area contributed by atoms with E-state index in [0.29, 0.717) is 5.88 Å². The van der Waals surface area contributed by atoms with E-state index in [2.05, 4.69) is 43.5 Å². The largest absolute Gasteiger partial charge is 0.438 e. The highest BCUT2D eigenvalue weighted by molar-refractivity contribution is 14.1. The molecular formula is C11H7BrINO. The molecule has 4 heteroatoms. The summed E-state index contributed by atoms with van der Waals surface area (Å²) in [6, 6.07) is 11.6. The molecule has 1 heterocycles. The monoisotopic (exact) mass is 375 g/mol. The normalized spacial score (nSPS) is 10.0. The molecule has 1 aromatic heterocycles. The van der Waals surface area contributed by atoms with Crippen LogP contribution in [0, 0.1) is 3.57 Å². The van der Waals surface area contributed by atoms with Crippen LogP contribution in [0.5, 0.6) is 11.6 Å². The molecule has 2 nitrogen and oxygen atoms in total. The van der Waals surface area contributed by atoms with Crippen LogP contribution >= 0.6 is 38.5 Å². The van der Waals surface area contributed by atoms with Crippen molar-refractivity contribution in [2.45, 2.75) is 0 Å². The van der Waals surface area contributed by atoms with E-state index in [-0.39, 0.29) is 0 Å². The van der Waals surface area contributed by atoms with Gasteiger partial charge in [-0.05, 0) is 74.9 Å². The fraction of sp³-hybridized carbons (Fsp3) is 0. The van der Waals surface area contributed by atoms with E-state index in [1.54, 1.807) is 6.20 Å². The van der Waals surface area contributed by atoms with Gasteiger partial charge in [0.2, 0.25) is 5.88 Å². The molecule has 0 aliphatic carbocycles. The van der Waals surface area contributed by atoms with Gasteiger partial charge in [-0.2, -0.15) is 0 Å². The predicted octanol–water partition coefficient (Wildman–Crippen LogP) is 4.24. The van der Waals surface area contributed by atoms with Gasteiger partial charge >= 0.3 is 0 Å². The van der Waals surface area contributed by atoms with E-state index in [4.69, 9.17) is 4.74 Å². The summed E-state index contributed by atoms with van der Waals surface area (Å²) < 4.78 is 7.63. The lowest BCUT2D eigenvalue weighted by molar-refractivity contribution is 0.459. The van der Waals surface area contributed by atoms with E-state index < -0.39 is 0 Å². The fourth-order valence-corrected chi connectivity index (χ4v) is 1.76. The van der Waals surface area contributed by atoms with Crippen LogP contribution in [0.3, 0.4) is 0 Å². The fourth-order valence-electron chi connectivity index (χ4n) is 1.06. The van der Waals surface area contributed by atoms with Gasteiger partial charge in [0.1, 0.15) is 5.75 Å². The quantitative estimate of drug-likeness (QED) is 0.732. The maximum absolute atomic E-state index is 5.60. The highest BCUT2D eigenvalue weighted by Gasteiger charge is 2.02. The van der Waals surface area contributed by atoms with Crippen LogP contribution in [0.2, 0.25) is 0 Å². The number of benzene rings is 1. The minimum Gasteiger partial charge on any atom is -0.438 e. The Morgan fingerprint density at radius 1 is 1.13 bits per heavy atom. The number of hydrogen-bond acceptors (Lipinski definition) is 2. The third-order valence-electron chi connectivity index (χ3n) is 1.75. The molecule has 2 aromatic rings. The van der Waals surface area contributed by atoms with Gasteiger partial charge in [0.15, 0.2) is 0 Å². The van der Waals surface area contributed by atoms with Crippen molar-refractivity contribution in [2.24, 2.45) is 0 Å². The third-order valence-corrected chi connectivity index (χ3v) is 3.08. The number of pyridine rings is 1. The van der Waals surface area contributed by atoms with E-state index in [1.807, 2.05) is 36.4 Å². The molecule has 0 aliphatic rings. The number of rotatable bonds is 2. The average Bonchev–Trinajstić information content (AvgIpc) is 2.25. The maximum Gasteiger partial charge on any atom is 0.233 e. The average molecular weight is 376 g/mol. The minimum absolute atomic E-state index is 0.582. The number of hydrogen-bond donors (Lipinski definition) is 0. The summed E-state index contributed by atoms with van der Waals surface area (Å²) in [6.45, 7) is 0. The standard InChI is InChI=1S/C11H7BrINO/c12-10-2-1-7-14-11(10)15-9-5-3-8(13)4-6-9/h1-7H. The lowest BCUT2D eigenvalue weighted by Gasteiger charge is -2.05. The van der Waals surface area contributed by atoms with Crippen molar-refractivity contribution >= 4 is 38.5 Å². The van der Waals surface area contributed by atoms with Crippen LogP contribution in [0.15, 0.2) is 47.1 Å². The Bertz CT molecular complexity index is 458. The second kappa shape index (κ2) is 4.94. The second-order valence-electron chi connectivity index (χ2n) is 2.85. The minimum atomic E-state index is 0.582. The summed E-state index contributed by atoms with van der Waals surface area (Å²) >= 11 is 5.63. The van der Waals surface area contributed by atoms with Gasteiger partial charge in [-0.15, -0.1) is 0 Å². The summed E-state index contributed by atoms with van der Waals surface area (Å²) in [4.78, 5) is 4.13. The first kappa shape index (κ1) is 10.9. The number of halogens is 2. The van der Waals surface area contributed by atoms with Crippen LogP contribution in [-0.4, -0.2) is 4.98 Å². The van der Waals surface area contributed by atoms with Crippen LogP contribution in [0.25, 0.3) is 0 Å². The Labute approximate surface area is 110 Å². The first-order valence-corrected chi connectivity index (χ1v) is 6.17. The number of aromatic nitrogens is 1. The molecule has 15 heavy (non-hydrogen) atoms. The Morgan fingerprint density at radius 3 is 2.53 bits per heavy atom. The lowest BCUT2D eigenvalue weighted by Crippen LogP contribution is -1.88. The summed E-state index contributed by atoms with van der Waals surface area (Å²) in [5, 5.41) is 0. The van der Waals surface area contributed by atoms with Crippen LogP contribution < -0.4 is 4.74 Å². The summed E-state index contributed by atoms with van der Waals surface area (Å²) in [7, 11) is 0. The highest BCUT2D eigenvalue weighted by Crippen LogP contribution is 2.26. The number of ether oxygens (including phenoxy) is 1. The van der Waals surface area contributed by atoms with Gasteiger partial charge in [0, 0.05) is 9.77 Å². The maximum atomic E-state index is 5.60. The summed E-state index contributed by atoms with van der Waals surface area (Å²) in [5.41, 5.74) is 0. The van der Waals surface area contributed by atoms with Gasteiger partial charge in [0.25, 0.3) is 0 Å². The Morgan fingerprint density at radius 2 is 1.87 bits per heavy atom. The molecule has 0 saturated heterocycles. The molecule has 0 unspecified atom stereocenters. The molecule has 0 atom stereocenters. The van der Waals surface area contributed by atoms with Gasteiger partial charge in [-0.3, -0.25) is 0 Å². The van der Waals surface area contributed by atoms with Gasteiger partial charge in [0.05, 0.1) is 4.47 Å². The zero-order valence-corrected chi connectivity index (χ0v) is 11.4. The molecule has 76 valence electrons. The molecule has 0 spiro atoms. The Balaban J connectivity index is 2.22. The predicted molar refractivity (Wildman–Crippen MR) is 71.2 cm³/mol. The third kappa shape index (κ3) is 2.92. The Kier molecular flexibility index (Phi) is 3.58. The zero-order chi connectivity index (χ0) is 10.7. The van der Waals surface area contributed by atoms with Crippen molar-refractivity contribution in [2.75, 3.05) is 0 Å². The highest BCUT2D eigenvalue weighted by atomic mass is 127. The van der Waals surface area contributed by atoms with Gasteiger partial charge < -0.3 is 4.74 Å². The van der Waals surface area contributed by atoms with Crippen LogP contribution in [0.4, 0.5) is 0 Å². The van der Waals surface area contributed by atoms with Crippen molar-refractivity contribution in [3.8, 4) is 11.6 Å². The first-order valence-electron chi connectivity index (χ1n) is 4.29. The van der Waals surface area contributed by atoms with Crippen molar-refractivity contribution in [1.82, 2.24) is 4.98 Å². The van der Waals surface area contributed by atoms with E-state index >= 15 is 0 Å². The second-order valence-corrected chi connectivity index (χ2v) is 4.95. The van der Waals surface area contributed by atoms with Crippen molar-refractivity contribution in [3.05, 3.63) is 50.6 Å². The molecule has 2 rings (SSSR count). The topological polar surface area (TPSA) is 22.1 Å². The molecule has 0 amide bonds. The van der Waals surface area contributed by atoms with Crippen LogP contribution in [-0.2, 0) is 0 Å². The molecule has 0 aliphatic heterocycles. The molecule has 0 fully saturated rings. The molecule has 1 aromatic carbocycles. The molecular weight excluding hydrogens is 369 g/mol. The van der Waals surface area contributed by atoms with E-state index in [1.165, 1.54) is 3.57 Å². The molecule has 0 radical (unpaired) electrons. The molecule has 0 N–H and O–H groups in total. The summed E-state index contributed by atoms with van der Waals surface area (Å²) in [6.07, 6.45) is 1.70. The van der Waals surface area contributed by atoms with Crippen molar-refractivity contribution in [3.63, 3.8) is 0 Å². The van der Waals surface area contributed by atoms with Crippen molar-refractivity contribution < 1.29 is 4.74 Å². The molecule has 0 bridgehead atoms. The van der Waals surface area contributed by atoms with Crippen molar-refractivity contribution in [1.29, 1.82) is 0 Å². The lowest BCUT2D eigenvalue weighted by atomic mass is 10.3. The smallest absolute Gasteiger partial charge is 0.233 e. The SMILES string of the molecule is Brc1cccnc1Oc1ccc(I)cc1. The zero-order valence-electron chi connectivity index (χ0n) is 7.65. The first-order chi connectivity index (χ1) is 7.25. The van der Waals surface area contributed by atoms with Gasteiger partial charge in [-0.1, -0.05) is 0 Å². The van der Waals surface area contributed by atoms with E-state index in [0.717, 1.165) is 10.2 Å². The summed E-state index contributed by atoms with van der Waals surface area (Å²) in [5.74, 6) is 1.37.